The molecule has 1 aliphatic rings. The average Bonchev–Trinajstić information content (AvgIpc) is 2.41. The van der Waals surface area contributed by atoms with Gasteiger partial charge in [0.15, 0.2) is 0 Å². The number of hydrogen-bond donors (Lipinski definition) is 2. The Hall–Kier alpha value is -0.380. The van der Waals surface area contributed by atoms with Crippen molar-refractivity contribution in [3.05, 3.63) is 27.8 Å². The molecule has 1 aromatic carbocycles. The molecule has 106 valence electrons. The predicted molar refractivity (Wildman–Crippen MR) is 83.1 cm³/mol. The Balaban J connectivity index is 2.20. The van der Waals surface area contributed by atoms with Crippen LogP contribution < -0.4 is 4.72 Å². The number of anilines is 1. The number of para-hydroxylation sites is 1. The first-order valence-electron chi connectivity index (χ1n) is 6.19. The molecule has 0 aliphatic carbocycles. The molecule has 0 saturated carbocycles. The smallest absolute Gasteiger partial charge is 0.301 e. The number of hydrogen-bond acceptors (Lipinski definition) is 3. The van der Waals surface area contributed by atoms with E-state index in [1.807, 2.05) is 12.1 Å². The van der Waals surface area contributed by atoms with Crippen LogP contribution in [0, 0.1) is 3.57 Å². The van der Waals surface area contributed by atoms with E-state index in [0.29, 0.717) is 18.7 Å². The highest BCUT2D eigenvalue weighted by atomic mass is 127. The van der Waals surface area contributed by atoms with Crippen molar-refractivity contribution >= 4 is 38.5 Å². The van der Waals surface area contributed by atoms with Gasteiger partial charge in [0.2, 0.25) is 0 Å². The van der Waals surface area contributed by atoms with Gasteiger partial charge in [-0.25, -0.2) is 0 Å². The highest BCUT2D eigenvalue weighted by Crippen LogP contribution is 2.24. The van der Waals surface area contributed by atoms with E-state index in [2.05, 4.69) is 27.3 Å². The number of nitrogens with zero attached hydrogens (tertiary/aromatic N) is 1. The Morgan fingerprint density at radius 3 is 2.79 bits per heavy atom. The average molecular weight is 396 g/mol. The molecular formula is C12H17IN2O3S. The summed E-state index contributed by atoms with van der Waals surface area (Å²) in [6.07, 6.45) is 2.51. The van der Waals surface area contributed by atoms with Gasteiger partial charge in [0, 0.05) is 16.2 Å². The second-order valence-electron chi connectivity index (χ2n) is 4.53. The molecule has 1 unspecified atom stereocenters. The molecule has 0 bridgehead atoms. The highest BCUT2D eigenvalue weighted by molar-refractivity contribution is 14.1. The van der Waals surface area contributed by atoms with Crippen LogP contribution in [0.1, 0.15) is 19.3 Å². The van der Waals surface area contributed by atoms with Crippen LogP contribution in [0.15, 0.2) is 24.3 Å². The second-order valence-corrected chi connectivity index (χ2v) is 7.32. The minimum Gasteiger partial charge on any atom is -0.395 e. The topological polar surface area (TPSA) is 69.6 Å². The highest BCUT2D eigenvalue weighted by Gasteiger charge is 2.32. The van der Waals surface area contributed by atoms with Crippen molar-refractivity contribution in [1.29, 1.82) is 0 Å². The van der Waals surface area contributed by atoms with Crippen LogP contribution in [0.5, 0.6) is 0 Å². The lowest BCUT2D eigenvalue weighted by atomic mass is 10.1. The van der Waals surface area contributed by atoms with E-state index in [4.69, 9.17) is 0 Å². The predicted octanol–water partition coefficient (Wildman–Crippen LogP) is 1.79. The molecule has 1 heterocycles. The molecule has 7 heteroatoms. The fourth-order valence-corrected chi connectivity index (χ4v) is 4.43. The Labute approximate surface area is 127 Å². The normalized spacial score (nSPS) is 21.3. The fourth-order valence-electron chi connectivity index (χ4n) is 2.21. The molecule has 0 spiro atoms. The number of piperidine rings is 1. The lowest BCUT2D eigenvalue weighted by Crippen LogP contribution is -2.48. The summed E-state index contributed by atoms with van der Waals surface area (Å²) in [6.45, 7) is 0.330. The monoisotopic (exact) mass is 396 g/mol. The molecule has 19 heavy (non-hydrogen) atoms. The van der Waals surface area contributed by atoms with E-state index in [1.54, 1.807) is 12.1 Å². The largest absolute Gasteiger partial charge is 0.395 e. The van der Waals surface area contributed by atoms with Gasteiger partial charge in [0.25, 0.3) is 0 Å². The molecule has 1 saturated heterocycles. The van der Waals surface area contributed by atoms with Gasteiger partial charge in [0.05, 0.1) is 12.3 Å². The number of benzene rings is 1. The van der Waals surface area contributed by atoms with Crippen molar-refractivity contribution in [3.8, 4) is 0 Å². The maximum absolute atomic E-state index is 12.4. The molecule has 2 N–H and O–H groups in total. The van der Waals surface area contributed by atoms with Gasteiger partial charge in [-0.1, -0.05) is 18.6 Å². The minimum atomic E-state index is -3.60. The molecule has 0 aromatic heterocycles. The summed E-state index contributed by atoms with van der Waals surface area (Å²) in [7, 11) is -3.60. The summed E-state index contributed by atoms with van der Waals surface area (Å²) in [4.78, 5) is 0. The summed E-state index contributed by atoms with van der Waals surface area (Å²) < 4.78 is 29.6. The molecule has 0 amide bonds. The van der Waals surface area contributed by atoms with Crippen LogP contribution in [-0.2, 0) is 10.2 Å². The van der Waals surface area contributed by atoms with Gasteiger partial charge in [-0.15, -0.1) is 0 Å². The van der Waals surface area contributed by atoms with E-state index in [0.717, 1.165) is 16.4 Å². The Morgan fingerprint density at radius 1 is 1.37 bits per heavy atom. The summed E-state index contributed by atoms with van der Waals surface area (Å²) in [5.74, 6) is 0. The number of aliphatic hydroxyl groups is 1. The maximum Gasteiger partial charge on any atom is 0.301 e. The van der Waals surface area contributed by atoms with Crippen molar-refractivity contribution in [2.45, 2.75) is 25.3 Å². The summed E-state index contributed by atoms with van der Waals surface area (Å²) >= 11 is 2.09. The number of nitrogens with one attached hydrogen (secondary N) is 1. The van der Waals surface area contributed by atoms with E-state index in [1.165, 1.54) is 4.31 Å². The molecule has 2 rings (SSSR count). The lowest BCUT2D eigenvalue weighted by molar-refractivity contribution is 0.156. The molecule has 1 fully saturated rings. The Morgan fingerprint density at radius 2 is 2.11 bits per heavy atom. The van der Waals surface area contributed by atoms with Crippen LogP contribution in [0.2, 0.25) is 0 Å². The second kappa shape index (κ2) is 6.38. The minimum absolute atomic E-state index is 0.132. The van der Waals surface area contributed by atoms with E-state index in [9.17, 15) is 13.5 Å². The van der Waals surface area contributed by atoms with Crippen LogP contribution in [0.25, 0.3) is 0 Å². The zero-order chi connectivity index (χ0) is 13.9. The van der Waals surface area contributed by atoms with Crippen molar-refractivity contribution in [2.75, 3.05) is 17.9 Å². The quantitative estimate of drug-likeness (QED) is 0.763. The third-order valence-corrected chi connectivity index (χ3v) is 5.72. The van der Waals surface area contributed by atoms with Crippen molar-refractivity contribution in [3.63, 3.8) is 0 Å². The number of rotatable bonds is 4. The van der Waals surface area contributed by atoms with E-state index < -0.39 is 10.2 Å². The Bertz CT molecular complexity index is 536. The van der Waals surface area contributed by atoms with Gasteiger partial charge in [-0.3, -0.25) is 4.72 Å². The molecule has 5 nitrogen and oxygen atoms in total. The lowest BCUT2D eigenvalue weighted by Gasteiger charge is -2.33. The summed E-state index contributed by atoms with van der Waals surface area (Å²) in [6, 6.07) is 6.92. The molecule has 1 atom stereocenters. The van der Waals surface area contributed by atoms with Crippen molar-refractivity contribution in [2.24, 2.45) is 0 Å². The first-order valence-corrected chi connectivity index (χ1v) is 8.71. The van der Waals surface area contributed by atoms with Crippen molar-refractivity contribution < 1.29 is 13.5 Å². The third-order valence-electron chi connectivity index (χ3n) is 3.21. The van der Waals surface area contributed by atoms with Gasteiger partial charge < -0.3 is 5.11 Å². The molecule has 1 aromatic rings. The Kier molecular flexibility index (Phi) is 5.04. The molecule has 0 radical (unpaired) electrons. The van der Waals surface area contributed by atoms with E-state index >= 15 is 0 Å². The zero-order valence-corrected chi connectivity index (χ0v) is 13.4. The van der Waals surface area contributed by atoms with Crippen LogP contribution in [0.4, 0.5) is 5.69 Å². The fraction of sp³-hybridized carbons (Fsp3) is 0.500. The van der Waals surface area contributed by atoms with Crippen LogP contribution >= 0.6 is 22.6 Å². The van der Waals surface area contributed by atoms with E-state index in [-0.39, 0.29) is 12.6 Å². The standard InChI is InChI=1S/C12H17IN2O3S/c13-11-6-1-2-7-12(11)14-19(17,18)15-8-4-3-5-10(15)9-16/h1-2,6-7,10,14,16H,3-5,8-9H2. The summed E-state index contributed by atoms with van der Waals surface area (Å²) in [5, 5.41) is 9.31. The SMILES string of the molecule is O=S(=O)(Nc1ccccc1I)N1CCCCC1CO. The zero-order valence-electron chi connectivity index (χ0n) is 10.4. The third kappa shape index (κ3) is 3.59. The van der Waals surface area contributed by atoms with Crippen LogP contribution in [-0.4, -0.2) is 37.0 Å². The van der Waals surface area contributed by atoms with Gasteiger partial charge in [0.1, 0.15) is 0 Å². The maximum atomic E-state index is 12.4. The first kappa shape index (κ1) is 15.0. The first-order chi connectivity index (χ1) is 9.04. The summed E-state index contributed by atoms with van der Waals surface area (Å²) in [5.41, 5.74) is 0.574. The van der Waals surface area contributed by atoms with Gasteiger partial charge in [-0.05, 0) is 47.6 Å². The number of halogens is 1. The number of aliphatic hydroxyl groups excluding tert-OH is 1. The van der Waals surface area contributed by atoms with Gasteiger partial charge >= 0.3 is 10.2 Å². The molecule has 1 aliphatic heterocycles. The van der Waals surface area contributed by atoms with Crippen molar-refractivity contribution in [1.82, 2.24) is 4.31 Å². The van der Waals surface area contributed by atoms with Gasteiger partial charge in [-0.2, -0.15) is 12.7 Å². The molecular weight excluding hydrogens is 379 g/mol. The van der Waals surface area contributed by atoms with Crippen LogP contribution in [0.3, 0.4) is 0 Å².